The SMILES string of the molecule is C[Si](C)(C)c1ccc(-n2c(C=C3C(=O)c4cc5ccccc5cc4C3=O)cc3oc(-c4ccccc4)nc32)cc1. The highest BCUT2D eigenvalue weighted by Crippen LogP contribution is 2.34. The number of carbonyl (C=O) groups is 2. The minimum Gasteiger partial charge on any atom is -0.434 e. The van der Waals surface area contributed by atoms with Crippen LogP contribution >= 0.6 is 0 Å². The first kappa shape index (κ1) is 24.2. The van der Waals surface area contributed by atoms with Gasteiger partial charge in [-0.15, -0.1) is 0 Å². The maximum absolute atomic E-state index is 13.5. The Hall–Kier alpha value is -4.81. The molecule has 6 heteroatoms. The van der Waals surface area contributed by atoms with Crippen LogP contribution in [0.15, 0.2) is 107 Å². The summed E-state index contributed by atoms with van der Waals surface area (Å²) in [6.07, 6.45) is 1.68. The highest BCUT2D eigenvalue weighted by molar-refractivity contribution is 6.88. The summed E-state index contributed by atoms with van der Waals surface area (Å²) in [4.78, 5) is 31.9. The van der Waals surface area contributed by atoms with Crippen LogP contribution in [0.25, 0.3) is 45.2 Å². The lowest BCUT2D eigenvalue weighted by Crippen LogP contribution is -2.37. The molecule has 4 aromatic carbocycles. The standard InChI is InChI=1S/C34H26N2O3Si/c1-40(2,3)26-15-13-24(14-16-26)36-25(20-30-33(36)35-34(39-30)21-9-5-4-6-10-21)19-29-31(37)27-17-22-11-7-8-12-23(22)18-28(27)32(29)38/h4-20H,1-3H3. The largest absolute Gasteiger partial charge is 0.434 e. The van der Waals surface area contributed by atoms with Gasteiger partial charge in [0.1, 0.15) is 0 Å². The molecule has 0 spiro atoms. The fourth-order valence-corrected chi connectivity index (χ4v) is 6.55. The number of ketones is 2. The Morgan fingerprint density at radius 3 is 1.95 bits per heavy atom. The van der Waals surface area contributed by atoms with E-state index >= 15 is 0 Å². The lowest BCUT2D eigenvalue weighted by molar-refractivity contribution is 0.0990. The van der Waals surface area contributed by atoms with E-state index in [2.05, 4.69) is 43.9 Å². The van der Waals surface area contributed by atoms with E-state index < -0.39 is 8.07 Å². The lowest BCUT2D eigenvalue weighted by Gasteiger charge is -2.17. The van der Waals surface area contributed by atoms with Gasteiger partial charge in [0.25, 0.3) is 0 Å². The Morgan fingerprint density at radius 2 is 1.35 bits per heavy atom. The molecular formula is C34H26N2O3Si. The third-order valence-corrected chi connectivity index (χ3v) is 9.62. The molecular weight excluding hydrogens is 512 g/mol. The Morgan fingerprint density at radius 1 is 0.750 bits per heavy atom. The second-order valence-corrected chi connectivity index (χ2v) is 16.3. The van der Waals surface area contributed by atoms with E-state index in [1.807, 2.05) is 77.4 Å². The molecule has 0 saturated carbocycles. The van der Waals surface area contributed by atoms with Gasteiger partial charge in [-0.2, -0.15) is 4.98 Å². The molecule has 5 nitrogen and oxygen atoms in total. The topological polar surface area (TPSA) is 65.1 Å². The van der Waals surface area contributed by atoms with Gasteiger partial charge in [0.15, 0.2) is 22.8 Å². The molecule has 0 fully saturated rings. The molecule has 7 rings (SSSR count). The van der Waals surface area contributed by atoms with Gasteiger partial charge in [0.05, 0.1) is 19.3 Å². The molecule has 0 amide bonds. The molecule has 40 heavy (non-hydrogen) atoms. The maximum atomic E-state index is 13.5. The van der Waals surface area contributed by atoms with Gasteiger partial charge in [-0.3, -0.25) is 14.2 Å². The fraction of sp³-hybridized carbons (Fsp3) is 0.0882. The van der Waals surface area contributed by atoms with E-state index in [4.69, 9.17) is 9.40 Å². The minimum absolute atomic E-state index is 0.147. The number of nitrogens with zero attached hydrogens (tertiary/aromatic N) is 2. The molecule has 194 valence electrons. The molecule has 0 radical (unpaired) electrons. The van der Waals surface area contributed by atoms with Gasteiger partial charge in [-0.05, 0) is 53.2 Å². The zero-order valence-corrected chi connectivity index (χ0v) is 23.4. The van der Waals surface area contributed by atoms with Crippen LogP contribution in [0.1, 0.15) is 26.4 Å². The van der Waals surface area contributed by atoms with Crippen molar-refractivity contribution in [2.45, 2.75) is 19.6 Å². The molecule has 0 N–H and O–H groups in total. The first-order chi connectivity index (χ1) is 19.3. The van der Waals surface area contributed by atoms with Gasteiger partial charge < -0.3 is 4.42 Å². The number of hydrogen-bond acceptors (Lipinski definition) is 4. The van der Waals surface area contributed by atoms with E-state index in [-0.39, 0.29) is 17.1 Å². The number of benzene rings is 4. The van der Waals surface area contributed by atoms with Crippen molar-refractivity contribution in [3.8, 4) is 17.1 Å². The van der Waals surface area contributed by atoms with Crippen molar-refractivity contribution >= 4 is 52.9 Å². The molecule has 0 atom stereocenters. The van der Waals surface area contributed by atoms with E-state index in [1.54, 1.807) is 6.08 Å². The average Bonchev–Trinajstić information content (AvgIpc) is 3.58. The first-order valence-corrected chi connectivity index (χ1v) is 16.8. The number of Topliss-reactive ketones (excluding diaryl/α,β-unsaturated/α-hetero) is 2. The third-order valence-electron chi connectivity index (χ3n) is 7.55. The summed E-state index contributed by atoms with van der Waals surface area (Å²) < 4.78 is 8.15. The number of allylic oxidation sites excluding steroid dienone is 1. The van der Waals surface area contributed by atoms with Crippen LogP contribution in [-0.4, -0.2) is 29.2 Å². The first-order valence-electron chi connectivity index (χ1n) is 13.3. The van der Waals surface area contributed by atoms with Crippen LogP contribution in [0.2, 0.25) is 19.6 Å². The normalized spacial score (nSPS) is 13.4. The number of carbonyl (C=O) groups excluding carboxylic acids is 2. The summed E-state index contributed by atoms with van der Waals surface area (Å²) in [5, 5.41) is 3.21. The summed E-state index contributed by atoms with van der Waals surface area (Å²) in [6.45, 7) is 6.94. The van der Waals surface area contributed by atoms with Crippen molar-refractivity contribution in [3.05, 3.63) is 119 Å². The number of aromatic nitrogens is 2. The van der Waals surface area contributed by atoms with Gasteiger partial charge in [0, 0.05) is 28.4 Å². The number of oxazole rings is 1. The van der Waals surface area contributed by atoms with Crippen molar-refractivity contribution in [2.24, 2.45) is 0 Å². The van der Waals surface area contributed by atoms with Crippen LogP contribution in [-0.2, 0) is 0 Å². The van der Waals surface area contributed by atoms with E-state index in [9.17, 15) is 9.59 Å². The zero-order chi connectivity index (χ0) is 27.6. The molecule has 2 aromatic heterocycles. The maximum Gasteiger partial charge on any atom is 0.228 e. The summed E-state index contributed by atoms with van der Waals surface area (Å²) >= 11 is 0. The van der Waals surface area contributed by atoms with Crippen molar-refractivity contribution in [2.75, 3.05) is 0 Å². The average molecular weight is 539 g/mol. The summed E-state index contributed by atoms with van der Waals surface area (Å²) in [5.74, 6) is -0.00587. The minimum atomic E-state index is -1.50. The van der Waals surface area contributed by atoms with Gasteiger partial charge >= 0.3 is 0 Å². The van der Waals surface area contributed by atoms with E-state index in [0.717, 1.165) is 22.0 Å². The van der Waals surface area contributed by atoms with Gasteiger partial charge in [-0.25, -0.2) is 0 Å². The van der Waals surface area contributed by atoms with Crippen LogP contribution in [0.5, 0.6) is 0 Å². The monoisotopic (exact) mass is 538 g/mol. The summed E-state index contributed by atoms with van der Waals surface area (Å²) in [7, 11) is -1.50. The number of fused-ring (bicyclic) bond motifs is 3. The summed E-state index contributed by atoms with van der Waals surface area (Å²) in [6, 6.07) is 31.5. The highest BCUT2D eigenvalue weighted by Gasteiger charge is 2.34. The van der Waals surface area contributed by atoms with E-state index in [1.165, 1.54) is 5.19 Å². The molecule has 6 aromatic rings. The number of hydrogen-bond donors (Lipinski definition) is 0. The molecule has 0 unspecified atom stereocenters. The quantitative estimate of drug-likeness (QED) is 0.133. The van der Waals surface area contributed by atoms with Crippen LogP contribution in [0, 0.1) is 0 Å². The Labute approximate surface area is 232 Å². The molecule has 1 aliphatic rings. The molecule has 0 aliphatic heterocycles. The molecule has 0 bridgehead atoms. The Bertz CT molecular complexity index is 1950. The predicted molar refractivity (Wildman–Crippen MR) is 162 cm³/mol. The van der Waals surface area contributed by atoms with Crippen molar-refractivity contribution < 1.29 is 14.0 Å². The predicted octanol–water partition coefficient (Wildman–Crippen LogP) is 7.45. The molecule has 0 saturated heterocycles. The zero-order valence-electron chi connectivity index (χ0n) is 22.4. The third kappa shape index (κ3) is 3.88. The van der Waals surface area contributed by atoms with Crippen LogP contribution in [0.3, 0.4) is 0 Å². The van der Waals surface area contributed by atoms with Crippen molar-refractivity contribution in [1.29, 1.82) is 0 Å². The van der Waals surface area contributed by atoms with E-state index in [0.29, 0.717) is 33.9 Å². The number of rotatable bonds is 4. The van der Waals surface area contributed by atoms with Crippen LogP contribution in [0.4, 0.5) is 0 Å². The molecule has 1 aliphatic carbocycles. The second kappa shape index (κ2) is 8.86. The summed E-state index contributed by atoms with van der Waals surface area (Å²) in [5.41, 5.74) is 4.68. The Kier molecular flexibility index (Phi) is 5.37. The fourth-order valence-electron chi connectivity index (χ4n) is 5.38. The van der Waals surface area contributed by atoms with Crippen molar-refractivity contribution in [1.82, 2.24) is 9.55 Å². The van der Waals surface area contributed by atoms with Crippen LogP contribution < -0.4 is 5.19 Å². The molecule has 2 heterocycles. The second-order valence-electron chi connectivity index (χ2n) is 11.2. The van der Waals surface area contributed by atoms with Gasteiger partial charge in [-0.1, -0.05) is 79.4 Å². The van der Waals surface area contributed by atoms with Crippen molar-refractivity contribution in [3.63, 3.8) is 0 Å². The smallest absolute Gasteiger partial charge is 0.228 e. The lowest BCUT2D eigenvalue weighted by atomic mass is 10.0. The van der Waals surface area contributed by atoms with Gasteiger partial charge in [0.2, 0.25) is 5.89 Å². The highest BCUT2D eigenvalue weighted by atomic mass is 28.3. The Balaban J connectivity index is 1.40.